The molecule has 0 bridgehead atoms. The predicted octanol–water partition coefficient (Wildman–Crippen LogP) is 4.21. The largest absolute Gasteiger partial charge is 0.497 e. The Kier molecular flexibility index (Phi) is 11.6. The van der Waals surface area contributed by atoms with Crippen LogP contribution in [0.25, 0.3) is 0 Å². The van der Waals surface area contributed by atoms with Crippen LogP contribution in [0.5, 0.6) is 5.75 Å². The van der Waals surface area contributed by atoms with Gasteiger partial charge in [-0.15, -0.1) is 0 Å². The van der Waals surface area contributed by atoms with Crippen LogP contribution in [0.4, 0.5) is 4.39 Å². The van der Waals surface area contributed by atoms with Crippen LogP contribution in [-0.2, 0) is 27.7 Å². The SMILES string of the molecule is C=C/C(F)=C(\C=C/C)S(=O)(=O)NCCCCC(N)C(=O)NC1CCc2cc(OC)ccc2C1Cc1cccnc1. The van der Waals surface area contributed by atoms with Crippen molar-refractivity contribution in [3.63, 3.8) is 0 Å². The number of aromatic nitrogens is 1. The second-order valence-corrected chi connectivity index (χ2v) is 11.5. The summed E-state index contributed by atoms with van der Waals surface area (Å²) in [4.78, 5) is 16.9. The molecule has 3 atom stereocenters. The number of pyridine rings is 1. The van der Waals surface area contributed by atoms with Gasteiger partial charge in [-0.3, -0.25) is 9.78 Å². The van der Waals surface area contributed by atoms with Crippen molar-refractivity contribution in [1.29, 1.82) is 0 Å². The maximum absolute atomic E-state index is 13.9. The molecule has 0 saturated heterocycles. The number of halogens is 1. The van der Waals surface area contributed by atoms with Crippen molar-refractivity contribution in [1.82, 2.24) is 15.0 Å². The van der Waals surface area contributed by atoms with Gasteiger partial charge in [-0.25, -0.2) is 17.5 Å². The fourth-order valence-electron chi connectivity index (χ4n) is 4.96. The topological polar surface area (TPSA) is 123 Å². The number of amides is 1. The Morgan fingerprint density at radius 1 is 1.32 bits per heavy atom. The fourth-order valence-corrected chi connectivity index (χ4v) is 6.18. The molecule has 8 nitrogen and oxygen atoms in total. The number of allylic oxidation sites excluding steroid dienone is 4. The lowest BCUT2D eigenvalue weighted by Gasteiger charge is -2.35. The molecule has 0 saturated carbocycles. The first-order valence-corrected chi connectivity index (χ1v) is 14.9. The van der Waals surface area contributed by atoms with Crippen LogP contribution in [0.3, 0.4) is 0 Å². The lowest BCUT2D eigenvalue weighted by Crippen LogP contribution is -2.49. The van der Waals surface area contributed by atoms with Crippen LogP contribution >= 0.6 is 0 Å². The van der Waals surface area contributed by atoms with Gasteiger partial charge in [-0.1, -0.05) is 31.2 Å². The van der Waals surface area contributed by atoms with Crippen molar-refractivity contribution in [2.75, 3.05) is 13.7 Å². The average Bonchev–Trinajstić information content (AvgIpc) is 2.96. The van der Waals surface area contributed by atoms with E-state index in [0.29, 0.717) is 19.3 Å². The van der Waals surface area contributed by atoms with Gasteiger partial charge in [0, 0.05) is 30.9 Å². The van der Waals surface area contributed by atoms with E-state index in [4.69, 9.17) is 10.5 Å². The van der Waals surface area contributed by atoms with Gasteiger partial charge in [0.2, 0.25) is 15.9 Å². The number of ether oxygens (including phenoxy) is 1. The number of hydrogen-bond acceptors (Lipinski definition) is 6. The highest BCUT2D eigenvalue weighted by molar-refractivity contribution is 7.93. The number of nitrogens with zero attached hydrogens (tertiary/aromatic N) is 1. The number of fused-ring (bicyclic) bond motifs is 1. The van der Waals surface area contributed by atoms with Gasteiger partial charge < -0.3 is 15.8 Å². The third-order valence-corrected chi connectivity index (χ3v) is 8.55. The first-order chi connectivity index (χ1) is 19.2. The molecule has 1 aliphatic rings. The zero-order valence-corrected chi connectivity index (χ0v) is 23.9. The number of unbranched alkanes of at least 4 members (excludes halogenated alkanes) is 1. The maximum Gasteiger partial charge on any atom is 0.243 e. The van der Waals surface area contributed by atoms with Gasteiger partial charge in [0.05, 0.1) is 13.2 Å². The molecule has 1 aromatic heterocycles. The summed E-state index contributed by atoms with van der Waals surface area (Å²) in [5.74, 6) is -0.286. The second kappa shape index (κ2) is 14.9. The molecule has 0 aliphatic heterocycles. The van der Waals surface area contributed by atoms with E-state index in [1.807, 2.05) is 24.4 Å². The molecule has 1 aliphatic carbocycles. The highest BCUT2D eigenvalue weighted by Crippen LogP contribution is 2.36. The van der Waals surface area contributed by atoms with Crippen molar-refractivity contribution in [2.45, 2.75) is 63.5 Å². The van der Waals surface area contributed by atoms with E-state index in [0.717, 1.165) is 36.7 Å². The molecule has 40 heavy (non-hydrogen) atoms. The summed E-state index contributed by atoms with van der Waals surface area (Å²) < 4.78 is 46.6. The first-order valence-electron chi connectivity index (χ1n) is 13.5. The van der Waals surface area contributed by atoms with E-state index < -0.39 is 26.8 Å². The van der Waals surface area contributed by atoms with Gasteiger partial charge in [-0.2, -0.15) is 0 Å². The molecule has 1 amide bonds. The highest BCUT2D eigenvalue weighted by atomic mass is 32.2. The zero-order chi connectivity index (χ0) is 29.1. The van der Waals surface area contributed by atoms with Crippen molar-refractivity contribution < 1.29 is 22.3 Å². The molecule has 0 radical (unpaired) electrons. The third-order valence-electron chi connectivity index (χ3n) is 7.06. The first kappa shape index (κ1) is 31.2. The summed E-state index contributed by atoms with van der Waals surface area (Å²) in [6.07, 6.45) is 10.7. The number of methoxy groups -OCH3 is 1. The number of aryl methyl sites for hydroxylation is 1. The molecule has 0 fully saturated rings. The van der Waals surface area contributed by atoms with Crippen molar-refractivity contribution in [3.05, 3.63) is 95.0 Å². The van der Waals surface area contributed by atoms with Crippen LogP contribution < -0.4 is 20.5 Å². The number of rotatable bonds is 14. The molecular weight excluding hydrogens is 531 g/mol. The Labute approximate surface area is 236 Å². The van der Waals surface area contributed by atoms with Gasteiger partial charge in [0.1, 0.15) is 16.5 Å². The van der Waals surface area contributed by atoms with Crippen molar-refractivity contribution in [3.8, 4) is 5.75 Å². The summed E-state index contributed by atoms with van der Waals surface area (Å²) in [7, 11) is -2.37. The number of benzene rings is 1. The summed E-state index contributed by atoms with van der Waals surface area (Å²) in [5.41, 5.74) is 9.71. The number of sulfonamides is 1. The van der Waals surface area contributed by atoms with E-state index in [2.05, 4.69) is 33.7 Å². The standard InChI is InChI=1S/C30H39FN4O4S/c1-4-9-29(26(31)5-2)40(37,38)34-17-7-6-11-27(32)30(36)35-28-15-12-22-19-23(39-3)13-14-24(22)25(28)18-21-10-8-16-33-20-21/h4-5,8-10,13-14,16,19-20,25,27-28,34H,2,6-7,11-12,15,17-18,32H2,1,3H3,(H,35,36)/b9-4-,29-26-. The minimum absolute atomic E-state index is 0.0554. The quantitative estimate of drug-likeness (QED) is 0.231. The molecule has 4 N–H and O–H groups in total. The number of carbonyl (C=O) groups is 1. The van der Waals surface area contributed by atoms with Gasteiger partial charge in [0.25, 0.3) is 0 Å². The predicted molar refractivity (Wildman–Crippen MR) is 156 cm³/mol. The molecule has 2 aromatic rings. The van der Waals surface area contributed by atoms with Crippen LogP contribution in [0.2, 0.25) is 0 Å². The molecule has 1 aromatic carbocycles. The molecule has 10 heteroatoms. The number of nitrogens with one attached hydrogen (secondary N) is 2. The van der Waals surface area contributed by atoms with Gasteiger partial charge >= 0.3 is 0 Å². The minimum atomic E-state index is -4.02. The monoisotopic (exact) mass is 570 g/mol. The maximum atomic E-state index is 13.9. The number of carbonyl (C=O) groups excluding carboxylic acids is 1. The van der Waals surface area contributed by atoms with Crippen LogP contribution in [-0.4, -0.2) is 45.0 Å². The Morgan fingerprint density at radius 3 is 2.80 bits per heavy atom. The lowest BCUT2D eigenvalue weighted by atomic mass is 9.76. The average molecular weight is 571 g/mol. The van der Waals surface area contributed by atoms with Gasteiger partial charge in [-0.05, 0) is 86.1 Å². The Bertz CT molecular complexity index is 1330. The van der Waals surface area contributed by atoms with E-state index in [1.54, 1.807) is 20.2 Å². The second-order valence-electron chi connectivity index (χ2n) is 9.81. The van der Waals surface area contributed by atoms with Crippen LogP contribution in [0.1, 0.15) is 55.2 Å². The Hall–Kier alpha value is -3.34. The van der Waals surface area contributed by atoms with E-state index in [1.165, 1.54) is 23.3 Å². The fraction of sp³-hybridized carbons (Fsp3) is 0.400. The highest BCUT2D eigenvalue weighted by Gasteiger charge is 2.32. The summed E-state index contributed by atoms with van der Waals surface area (Å²) in [6, 6.07) is 9.20. The molecule has 3 unspecified atom stereocenters. The molecule has 216 valence electrons. The van der Waals surface area contributed by atoms with E-state index in [9.17, 15) is 17.6 Å². The number of nitrogens with two attached hydrogens (primary N) is 1. The van der Waals surface area contributed by atoms with Crippen molar-refractivity contribution >= 4 is 15.9 Å². The summed E-state index contributed by atoms with van der Waals surface area (Å²) >= 11 is 0. The Morgan fingerprint density at radius 2 is 2.12 bits per heavy atom. The molecule has 1 heterocycles. The van der Waals surface area contributed by atoms with E-state index >= 15 is 0 Å². The van der Waals surface area contributed by atoms with Crippen LogP contribution in [0, 0.1) is 0 Å². The van der Waals surface area contributed by atoms with Crippen molar-refractivity contribution in [2.24, 2.45) is 5.73 Å². The summed E-state index contributed by atoms with van der Waals surface area (Å²) in [6.45, 7) is 4.98. The normalized spacial score (nSPS) is 18.5. The number of hydrogen-bond donors (Lipinski definition) is 3. The summed E-state index contributed by atoms with van der Waals surface area (Å²) in [5, 5.41) is 3.18. The van der Waals surface area contributed by atoms with E-state index in [-0.39, 0.29) is 24.4 Å². The van der Waals surface area contributed by atoms with Gasteiger partial charge in [0.15, 0.2) is 0 Å². The molecule has 3 rings (SSSR count). The molecule has 0 spiro atoms. The zero-order valence-electron chi connectivity index (χ0n) is 23.1. The minimum Gasteiger partial charge on any atom is -0.497 e. The van der Waals surface area contributed by atoms with Crippen LogP contribution in [0.15, 0.2) is 78.3 Å². The Balaban J connectivity index is 1.58. The third kappa shape index (κ3) is 8.33. The molecular formula is C30H39FN4O4S. The lowest BCUT2D eigenvalue weighted by molar-refractivity contribution is -0.123. The smallest absolute Gasteiger partial charge is 0.243 e.